The predicted octanol–water partition coefficient (Wildman–Crippen LogP) is 3.39. The van der Waals surface area contributed by atoms with Crippen molar-refractivity contribution in [2.75, 3.05) is 39.6 Å². The van der Waals surface area contributed by atoms with Crippen LogP contribution in [-0.4, -0.2) is 68.1 Å². The summed E-state index contributed by atoms with van der Waals surface area (Å²) in [7, 11) is 0. The molecule has 0 bridgehead atoms. The molecular formula is C29H42O8. The second kappa shape index (κ2) is 16.3. The molecule has 37 heavy (non-hydrogen) atoms. The highest BCUT2D eigenvalue weighted by molar-refractivity contribution is 5.88. The van der Waals surface area contributed by atoms with E-state index in [1.807, 2.05) is 0 Å². The Bertz CT molecular complexity index is 836. The third-order valence-corrected chi connectivity index (χ3v) is 6.30. The van der Waals surface area contributed by atoms with E-state index in [-0.39, 0.29) is 30.3 Å². The van der Waals surface area contributed by atoms with Crippen LogP contribution in [0.1, 0.15) is 44.2 Å². The summed E-state index contributed by atoms with van der Waals surface area (Å²) >= 11 is 0. The second-order valence-corrected chi connectivity index (χ2v) is 10.0. The molecule has 1 aromatic rings. The van der Waals surface area contributed by atoms with Crippen molar-refractivity contribution in [2.45, 2.75) is 52.2 Å². The minimum absolute atomic E-state index is 0.0847. The van der Waals surface area contributed by atoms with Gasteiger partial charge in [-0.3, -0.25) is 0 Å². The van der Waals surface area contributed by atoms with Crippen molar-refractivity contribution in [3.05, 3.63) is 59.7 Å². The lowest BCUT2D eigenvalue weighted by Crippen LogP contribution is -2.41. The van der Waals surface area contributed by atoms with E-state index in [0.29, 0.717) is 13.2 Å². The molecule has 2 rings (SSSR count). The van der Waals surface area contributed by atoms with Crippen LogP contribution < -0.4 is 0 Å². The molecule has 8 nitrogen and oxygen atoms in total. The van der Waals surface area contributed by atoms with Gasteiger partial charge in [-0.25, -0.2) is 9.59 Å². The first-order valence-corrected chi connectivity index (χ1v) is 13.0. The fourth-order valence-corrected chi connectivity index (χ4v) is 3.86. The third kappa shape index (κ3) is 11.2. The van der Waals surface area contributed by atoms with Gasteiger partial charge in [0, 0.05) is 5.92 Å². The molecule has 0 amide bonds. The Labute approximate surface area is 220 Å². The normalized spacial score (nSPS) is 17.6. The van der Waals surface area contributed by atoms with Crippen LogP contribution in [0.2, 0.25) is 0 Å². The number of hydrogen-bond donors (Lipinski definition) is 2. The number of carbonyl (C=O) groups is 2. The van der Waals surface area contributed by atoms with Crippen LogP contribution in [0, 0.1) is 17.8 Å². The molecule has 0 unspecified atom stereocenters. The Morgan fingerprint density at radius 2 is 1.41 bits per heavy atom. The molecule has 2 N–H and O–H groups in total. The van der Waals surface area contributed by atoms with Gasteiger partial charge in [-0.15, -0.1) is 0 Å². The van der Waals surface area contributed by atoms with Gasteiger partial charge in [-0.2, -0.15) is 0 Å². The number of aliphatic hydroxyl groups is 2. The summed E-state index contributed by atoms with van der Waals surface area (Å²) in [4.78, 5) is 23.8. The summed E-state index contributed by atoms with van der Waals surface area (Å²) in [5.74, 6) is -1.17. The highest BCUT2D eigenvalue weighted by atomic mass is 16.7. The SMILES string of the molecule is C=C(CO)C(=O)OCC(COC(=O)C(=C)CO)C1OCC(CCc2ccc(CCCC(C)C)cc2)CO1. The van der Waals surface area contributed by atoms with Crippen LogP contribution in [0.4, 0.5) is 0 Å². The second-order valence-electron chi connectivity index (χ2n) is 10.0. The van der Waals surface area contributed by atoms with Gasteiger partial charge < -0.3 is 29.2 Å². The smallest absolute Gasteiger partial charge is 0.335 e. The van der Waals surface area contributed by atoms with Crippen LogP contribution in [0.25, 0.3) is 0 Å². The van der Waals surface area contributed by atoms with Crippen molar-refractivity contribution >= 4 is 11.9 Å². The minimum atomic E-state index is -0.752. The van der Waals surface area contributed by atoms with E-state index >= 15 is 0 Å². The van der Waals surface area contributed by atoms with Crippen LogP contribution in [0.3, 0.4) is 0 Å². The lowest BCUT2D eigenvalue weighted by Gasteiger charge is -2.34. The number of rotatable bonds is 16. The number of hydrogen-bond acceptors (Lipinski definition) is 8. The molecule has 8 heteroatoms. The van der Waals surface area contributed by atoms with Crippen LogP contribution >= 0.6 is 0 Å². The molecule has 0 saturated carbocycles. The molecular weight excluding hydrogens is 476 g/mol. The first-order valence-electron chi connectivity index (χ1n) is 13.0. The monoisotopic (exact) mass is 518 g/mol. The van der Waals surface area contributed by atoms with E-state index < -0.39 is 37.4 Å². The molecule has 1 saturated heterocycles. The summed E-state index contributed by atoms with van der Waals surface area (Å²) in [6.07, 6.45) is 4.64. The van der Waals surface area contributed by atoms with Crippen molar-refractivity contribution in [1.29, 1.82) is 0 Å². The highest BCUT2D eigenvalue weighted by Crippen LogP contribution is 2.23. The predicted molar refractivity (Wildman–Crippen MR) is 140 cm³/mol. The van der Waals surface area contributed by atoms with Crippen molar-refractivity contribution in [1.82, 2.24) is 0 Å². The molecule has 1 heterocycles. The summed E-state index contributed by atoms with van der Waals surface area (Å²) in [5.41, 5.74) is 2.48. The van der Waals surface area contributed by atoms with Crippen molar-refractivity contribution < 1.29 is 38.7 Å². The molecule has 0 aliphatic carbocycles. The van der Waals surface area contributed by atoms with Gasteiger partial charge in [0.2, 0.25) is 0 Å². The highest BCUT2D eigenvalue weighted by Gasteiger charge is 2.32. The van der Waals surface area contributed by atoms with Crippen molar-refractivity contribution in [3.8, 4) is 0 Å². The van der Waals surface area contributed by atoms with Gasteiger partial charge in [0.25, 0.3) is 0 Å². The fourth-order valence-electron chi connectivity index (χ4n) is 3.86. The van der Waals surface area contributed by atoms with E-state index in [0.717, 1.165) is 25.2 Å². The van der Waals surface area contributed by atoms with E-state index in [1.54, 1.807) is 0 Å². The van der Waals surface area contributed by atoms with E-state index in [4.69, 9.17) is 29.2 Å². The van der Waals surface area contributed by atoms with Crippen molar-refractivity contribution in [3.63, 3.8) is 0 Å². The Morgan fingerprint density at radius 1 is 0.919 bits per heavy atom. The molecule has 1 aromatic carbocycles. The maximum Gasteiger partial charge on any atom is 0.335 e. The van der Waals surface area contributed by atoms with Gasteiger partial charge in [-0.1, -0.05) is 57.7 Å². The maximum atomic E-state index is 11.9. The van der Waals surface area contributed by atoms with Gasteiger partial charge in [0.1, 0.15) is 13.2 Å². The average Bonchev–Trinajstić information content (AvgIpc) is 2.91. The lowest BCUT2D eigenvalue weighted by molar-refractivity contribution is -0.236. The van der Waals surface area contributed by atoms with E-state index in [9.17, 15) is 9.59 Å². The number of benzene rings is 1. The molecule has 1 fully saturated rings. The Morgan fingerprint density at radius 3 is 1.86 bits per heavy atom. The maximum absolute atomic E-state index is 11.9. The summed E-state index contributed by atoms with van der Waals surface area (Å²) < 4.78 is 22.2. The van der Waals surface area contributed by atoms with Gasteiger partial charge in [0.05, 0.1) is 43.5 Å². The van der Waals surface area contributed by atoms with Gasteiger partial charge >= 0.3 is 11.9 Å². The zero-order valence-corrected chi connectivity index (χ0v) is 22.2. The fraction of sp³-hybridized carbons (Fsp3) is 0.586. The number of ether oxygens (including phenoxy) is 4. The van der Waals surface area contributed by atoms with Crippen LogP contribution in [0.15, 0.2) is 48.6 Å². The topological polar surface area (TPSA) is 112 Å². The zero-order chi connectivity index (χ0) is 27.2. The third-order valence-electron chi connectivity index (χ3n) is 6.30. The van der Waals surface area contributed by atoms with Crippen LogP contribution in [0.5, 0.6) is 0 Å². The number of aryl methyl sites for hydroxylation is 2. The Kier molecular flexibility index (Phi) is 13.6. The first kappa shape index (κ1) is 30.7. The molecule has 0 spiro atoms. The quantitative estimate of drug-likeness (QED) is 0.253. The van der Waals surface area contributed by atoms with Crippen molar-refractivity contribution in [2.24, 2.45) is 17.8 Å². The Hall–Kier alpha value is -2.52. The zero-order valence-electron chi connectivity index (χ0n) is 22.2. The lowest BCUT2D eigenvalue weighted by atomic mass is 9.97. The molecule has 0 radical (unpaired) electrons. The van der Waals surface area contributed by atoms with Gasteiger partial charge in [0.15, 0.2) is 6.29 Å². The summed E-state index contributed by atoms with van der Waals surface area (Å²) in [5, 5.41) is 18.1. The van der Waals surface area contributed by atoms with E-state index in [2.05, 4.69) is 51.3 Å². The van der Waals surface area contributed by atoms with Gasteiger partial charge in [-0.05, 0) is 42.7 Å². The Balaban J connectivity index is 1.83. The standard InChI is InChI=1S/C29H42O8/c1-20(2)6-5-7-23-8-10-24(11-9-23)12-13-25-16-36-29(37-17-25)26(18-34-27(32)21(3)14-30)19-35-28(33)22(4)15-31/h8-11,20,25-26,29-31H,3-7,12-19H2,1-2H3. The molecule has 0 atom stereocenters. The average molecular weight is 519 g/mol. The number of carbonyl (C=O) groups excluding carboxylic acids is 2. The van der Waals surface area contributed by atoms with Crippen LogP contribution in [-0.2, 0) is 41.4 Å². The molecule has 1 aliphatic rings. The molecule has 206 valence electrons. The number of esters is 2. The minimum Gasteiger partial charge on any atom is -0.462 e. The largest absolute Gasteiger partial charge is 0.462 e. The summed E-state index contributed by atoms with van der Waals surface area (Å²) in [6.45, 7) is 10.9. The summed E-state index contributed by atoms with van der Waals surface area (Å²) in [6, 6.07) is 8.81. The molecule has 1 aliphatic heterocycles. The molecule has 0 aromatic heterocycles. The number of aliphatic hydroxyl groups excluding tert-OH is 2. The van der Waals surface area contributed by atoms with E-state index in [1.165, 1.54) is 24.0 Å². The first-order chi connectivity index (χ1) is 17.7.